The first kappa shape index (κ1) is 18.1. The predicted octanol–water partition coefficient (Wildman–Crippen LogP) is 4.45. The normalized spacial score (nSPS) is 12.0. The van der Waals surface area contributed by atoms with Crippen molar-refractivity contribution in [1.29, 1.82) is 0 Å². The summed E-state index contributed by atoms with van der Waals surface area (Å²) in [7, 11) is 0. The minimum Gasteiger partial charge on any atom is -0.484 e. The van der Waals surface area contributed by atoms with Crippen LogP contribution in [-0.2, 0) is 11.2 Å². The summed E-state index contributed by atoms with van der Waals surface area (Å²) < 4.78 is 5.59. The molecule has 1 atom stereocenters. The Kier molecular flexibility index (Phi) is 6.42. The zero-order valence-corrected chi connectivity index (χ0v) is 15.0. The van der Waals surface area contributed by atoms with E-state index >= 15 is 0 Å². The zero-order valence-electron chi connectivity index (χ0n) is 15.0. The van der Waals surface area contributed by atoms with Gasteiger partial charge < -0.3 is 10.1 Å². The number of carbonyl (C=O) groups is 1. The third-order valence-corrected chi connectivity index (χ3v) is 3.95. The summed E-state index contributed by atoms with van der Waals surface area (Å²) in [5.41, 5.74) is 3.46. The number of nitrogens with one attached hydrogen (secondary N) is 1. The lowest BCUT2D eigenvalue weighted by molar-refractivity contribution is -0.123. The van der Waals surface area contributed by atoms with Crippen molar-refractivity contribution in [2.75, 3.05) is 6.61 Å². The highest BCUT2D eigenvalue weighted by Crippen LogP contribution is 2.17. The molecule has 3 nitrogen and oxygen atoms in total. The van der Waals surface area contributed by atoms with Gasteiger partial charge in [0.2, 0.25) is 0 Å². The second kappa shape index (κ2) is 8.53. The van der Waals surface area contributed by atoms with Gasteiger partial charge in [-0.1, -0.05) is 56.3 Å². The van der Waals surface area contributed by atoms with E-state index in [4.69, 9.17) is 4.74 Å². The second-order valence-corrected chi connectivity index (χ2v) is 6.68. The van der Waals surface area contributed by atoms with Gasteiger partial charge in [-0.05, 0) is 48.9 Å². The van der Waals surface area contributed by atoms with Crippen LogP contribution in [0, 0.1) is 12.8 Å². The summed E-state index contributed by atoms with van der Waals surface area (Å²) in [6.07, 6.45) is 1.07. The standard InChI is InChI=1S/C21H27NO2/c1-15(2)13-18-9-11-19(12-10-18)17(4)22-21(23)14-24-20-8-6-5-7-16(20)3/h5-12,15,17H,13-14H2,1-4H3,(H,22,23)/t17-/m1/s1. The quantitative estimate of drug-likeness (QED) is 0.817. The molecule has 0 radical (unpaired) electrons. The lowest BCUT2D eigenvalue weighted by atomic mass is 10.00. The molecule has 2 aromatic rings. The molecule has 0 aliphatic heterocycles. The Morgan fingerprint density at radius 1 is 1.04 bits per heavy atom. The average Bonchev–Trinajstić information content (AvgIpc) is 2.54. The molecule has 1 N–H and O–H groups in total. The summed E-state index contributed by atoms with van der Waals surface area (Å²) in [5.74, 6) is 1.28. The van der Waals surface area contributed by atoms with Gasteiger partial charge in [-0.15, -0.1) is 0 Å². The molecule has 1 amide bonds. The van der Waals surface area contributed by atoms with E-state index in [0.29, 0.717) is 5.92 Å². The van der Waals surface area contributed by atoms with Gasteiger partial charge in [0.05, 0.1) is 6.04 Å². The molecule has 0 bridgehead atoms. The van der Waals surface area contributed by atoms with E-state index in [0.717, 1.165) is 23.3 Å². The molecule has 0 aliphatic carbocycles. The fourth-order valence-corrected chi connectivity index (χ4v) is 2.64. The van der Waals surface area contributed by atoms with Crippen molar-refractivity contribution in [2.24, 2.45) is 5.92 Å². The summed E-state index contributed by atoms with van der Waals surface area (Å²) >= 11 is 0. The van der Waals surface area contributed by atoms with Crippen LogP contribution < -0.4 is 10.1 Å². The Morgan fingerprint density at radius 3 is 2.33 bits per heavy atom. The number of amides is 1. The fraction of sp³-hybridized carbons (Fsp3) is 0.381. The number of hydrogen-bond donors (Lipinski definition) is 1. The zero-order chi connectivity index (χ0) is 17.5. The minimum atomic E-state index is -0.114. The Hall–Kier alpha value is -2.29. The number of ether oxygens (including phenoxy) is 1. The number of para-hydroxylation sites is 1. The molecule has 3 heteroatoms. The third kappa shape index (κ3) is 5.41. The largest absolute Gasteiger partial charge is 0.484 e. The van der Waals surface area contributed by atoms with Gasteiger partial charge >= 0.3 is 0 Å². The summed E-state index contributed by atoms with van der Waals surface area (Å²) in [5, 5.41) is 2.98. The van der Waals surface area contributed by atoms with E-state index in [1.54, 1.807) is 0 Å². The van der Waals surface area contributed by atoms with Crippen LogP contribution in [0.2, 0.25) is 0 Å². The Labute approximate surface area is 145 Å². The monoisotopic (exact) mass is 325 g/mol. The van der Waals surface area contributed by atoms with E-state index in [9.17, 15) is 4.79 Å². The summed E-state index contributed by atoms with van der Waals surface area (Å²) in [4.78, 5) is 12.1. The topological polar surface area (TPSA) is 38.3 Å². The molecule has 0 spiro atoms. The molecule has 2 rings (SSSR count). The maximum absolute atomic E-state index is 12.1. The number of benzene rings is 2. The molecule has 0 unspecified atom stereocenters. The first-order valence-electron chi connectivity index (χ1n) is 8.52. The Bertz CT molecular complexity index is 662. The van der Waals surface area contributed by atoms with Gasteiger partial charge in [0.1, 0.15) is 5.75 Å². The van der Waals surface area contributed by atoms with Gasteiger partial charge in [0.25, 0.3) is 5.91 Å². The van der Waals surface area contributed by atoms with Crippen LogP contribution in [0.25, 0.3) is 0 Å². The number of hydrogen-bond acceptors (Lipinski definition) is 2. The van der Waals surface area contributed by atoms with E-state index < -0.39 is 0 Å². The molecule has 0 fully saturated rings. The number of carbonyl (C=O) groups excluding carboxylic acids is 1. The second-order valence-electron chi connectivity index (χ2n) is 6.68. The van der Waals surface area contributed by atoms with Crippen molar-refractivity contribution < 1.29 is 9.53 Å². The summed E-state index contributed by atoms with van der Waals surface area (Å²) in [6, 6.07) is 16.1. The average molecular weight is 325 g/mol. The maximum atomic E-state index is 12.1. The Morgan fingerprint density at radius 2 is 1.71 bits per heavy atom. The highest BCUT2D eigenvalue weighted by atomic mass is 16.5. The molecule has 2 aromatic carbocycles. The van der Waals surface area contributed by atoms with Gasteiger partial charge in [-0.2, -0.15) is 0 Å². The van der Waals surface area contributed by atoms with Crippen molar-refractivity contribution in [3.05, 3.63) is 65.2 Å². The van der Waals surface area contributed by atoms with E-state index in [-0.39, 0.29) is 18.6 Å². The fourth-order valence-electron chi connectivity index (χ4n) is 2.64. The first-order valence-corrected chi connectivity index (χ1v) is 8.52. The third-order valence-electron chi connectivity index (χ3n) is 3.95. The van der Waals surface area contributed by atoms with Crippen LogP contribution in [0.3, 0.4) is 0 Å². The van der Waals surface area contributed by atoms with Crippen molar-refractivity contribution in [2.45, 2.75) is 40.2 Å². The van der Waals surface area contributed by atoms with Crippen molar-refractivity contribution in [3.63, 3.8) is 0 Å². The van der Waals surface area contributed by atoms with Crippen LogP contribution in [0.1, 0.15) is 43.5 Å². The maximum Gasteiger partial charge on any atom is 0.258 e. The molecule has 0 heterocycles. The van der Waals surface area contributed by atoms with Gasteiger partial charge in [-0.25, -0.2) is 0 Å². The smallest absolute Gasteiger partial charge is 0.258 e. The highest BCUT2D eigenvalue weighted by molar-refractivity contribution is 5.78. The van der Waals surface area contributed by atoms with Gasteiger partial charge in [0.15, 0.2) is 6.61 Å². The number of aryl methyl sites for hydroxylation is 1. The first-order chi connectivity index (χ1) is 11.5. The van der Waals surface area contributed by atoms with Gasteiger partial charge in [-0.3, -0.25) is 4.79 Å². The van der Waals surface area contributed by atoms with Crippen LogP contribution in [0.4, 0.5) is 0 Å². The number of rotatable bonds is 7. The molecule has 0 saturated heterocycles. The molecule has 24 heavy (non-hydrogen) atoms. The van der Waals surface area contributed by atoms with Crippen LogP contribution in [0.5, 0.6) is 5.75 Å². The van der Waals surface area contributed by atoms with Crippen molar-refractivity contribution in [3.8, 4) is 5.75 Å². The predicted molar refractivity (Wildman–Crippen MR) is 98.2 cm³/mol. The van der Waals surface area contributed by atoms with Gasteiger partial charge in [0, 0.05) is 0 Å². The van der Waals surface area contributed by atoms with Crippen LogP contribution in [-0.4, -0.2) is 12.5 Å². The molecular weight excluding hydrogens is 298 g/mol. The Balaban J connectivity index is 1.86. The molecular formula is C21H27NO2. The molecule has 0 aromatic heterocycles. The summed E-state index contributed by atoms with van der Waals surface area (Å²) in [6.45, 7) is 8.41. The van der Waals surface area contributed by atoms with Crippen molar-refractivity contribution in [1.82, 2.24) is 5.32 Å². The van der Waals surface area contributed by atoms with Crippen molar-refractivity contribution >= 4 is 5.91 Å². The van der Waals surface area contributed by atoms with E-state index in [1.807, 2.05) is 38.1 Å². The lowest BCUT2D eigenvalue weighted by Crippen LogP contribution is -2.31. The van der Waals surface area contributed by atoms with E-state index in [2.05, 4.69) is 43.4 Å². The van der Waals surface area contributed by atoms with Crippen LogP contribution in [0.15, 0.2) is 48.5 Å². The highest BCUT2D eigenvalue weighted by Gasteiger charge is 2.11. The molecule has 128 valence electrons. The SMILES string of the molecule is Cc1ccccc1OCC(=O)N[C@H](C)c1ccc(CC(C)C)cc1. The molecule has 0 saturated carbocycles. The minimum absolute atomic E-state index is 0.0284. The molecule has 0 aliphatic rings. The lowest BCUT2D eigenvalue weighted by Gasteiger charge is -2.16. The van der Waals surface area contributed by atoms with E-state index in [1.165, 1.54) is 5.56 Å². The van der Waals surface area contributed by atoms with Crippen LogP contribution >= 0.6 is 0 Å².